The molecular formula is C10H7BrClNO. The van der Waals surface area contributed by atoms with E-state index in [-0.39, 0.29) is 5.54 Å². The van der Waals surface area contributed by atoms with E-state index in [9.17, 15) is 4.79 Å². The third-order valence-electron chi connectivity index (χ3n) is 2.38. The zero-order chi connectivity index (χ0) is 10.2. The van der Waals surface area contributed by atoms with Gasteiger partial charge in [-0.05, 0) is 36.6 Å². The Bertz CT molecular complexity index is 402. The largest absolute Gasteiger partial charge is 0.235 e. The summed E-state index contributed by atoms with van der Waals surface area (Å²) in [5.41, 5.74) is 0.648. The van der Waals surface area contributed by atoms with Crippen LogP contribution in [0.25, 0.3) is 0 Å². The summed E-state index contributed by atoms with van der Waals surface area (Å²) in [5.74, 6) is 0. The van der Waals surface area contributed by atoms with Crippen LogP contribution in [0.2, 0.25) is 5.02 Å². The van der Waals surface area contributed by atoms with Crippen LogP contribution in [-0.4, -0.2) is 6.08 Å². The molecule has 0 saturated heterocycles. The molecule has 2 rings (SSSR count). The molecule has 0 unspecified atom stereocenters. The number of hydrogen-bond donors (Lipinski definition) is 0. The highest BCUT2D eigenvalue weighted by atomic mass is 79.9. The van der Waals surface area contributed by atoms with Crippen LogP contribution in [-0.2, 0) is 10.3 Å². The number of halogens is 2. The van der Waals surface area contributed by atoms with Gasteiger partial charge in [0.1, 0.15) is 0 Å². The Labute approximate surface area is 95.1 Å². The van der Waals surface area contributed by atoms with Gasteiger partial charge >= 0.3 is 0 Å². The Morgan fingerprint density at radius 3 is 2.64 bits per heavy atom. The second-order valence-electron chi connectivity index (χ2n) is 3.39. The quantitative estimate of drug-likeness (QED) is 0.599. The number of nitrogens with zero attached hydrogens (tertiary/aromatic N) is 1. The van der Waals surface area contributed by atoms with E-state index in [0.717, 1.165) is 22.9 Å². The molecule has 4 heteroatoms. The van der Waals surface area contributed by atoms with E-state index >= 15 is 0 Å². The topological polar surface area (TPSA) is 29.4 Å². The van der Waals surface area contributed by atoms with Gasteiger partial charge in [-0.2, -0.15) is 4.99 Å². The lowest BCUT2D eigenvalue weighted by atomic mass is 10.1. The predicted molar refractivity (Wildman–Crippen MR) is 58.2 cm³/mol. The first-order chi connectivity index (χ1) is 6.66. The molecule has 1 saturated carbocycles. The number of isocyanates is 1. The summed E-state index contributed by atoms with van der Waals surface area (Å²) in [4.78, 5) is 14.1. The Hall–Kier alpha value is -0.630. The molecule has 2 nitrogen and oxygen atoms in total. The van der Waals surface area contributed by atoms with Crippen molar-refractivity contribution >= 4 is 33.6 Å². The van der Waals surface area contributed by atoms with E-state index in [0.29, 0.717) is 5.02 Å². The molecule has 1 aromatic rings. The van der Waals surface area contributed by atoms with Crippen LogP contribution in [0, 0.1) is 0 Å². The Balaban J connectivity index is 2.46. The number of carbonyl (C=O) groups excluding carboxylic acids is 1. The first-order valence-corrected chi connectivity index (χ1v) is 5.39. The Morgan fingerprint density at radius 2 is 2.14 bits per heavy atom. The fraction of sp³-hybridized carbons (Fsp3) is 0.300. The Kier molecular flexibility index (Phi) is 2.48. The minimum atomic E-state index is -0.338. The highest BCUT2D eigenvalue weighted by molar-refractivity contribution is 9.10. The zero-order valence-corrected chi connectivity index (χ0v) is 9.60. The lowest BCUT2D eigenvalue weighted by molar-refractivity contribution is 0.556. The van der Waals surface area contributed by atoms with Crippen LogP contribution in [0.4, 0.5) is 0 Å². The third kappa shape index (κ3) is 1.76. The maximum Gasteiger partial charge on any atom is 0.235 e. The molecule has 0 heterocycles. The normalized spacial score (nSPS) is 17.3. The van der Waals surface area contributed by atoms with Crippen molar-refractivity contribution in [3.8, 4) is 0 Å². The van der Waals surface area contributed by atoms with Crippen molar-refractivity contribution in [3.05, 3.63) is 33.3 Å². The lowest BCUT2D eigenvalue weighted by Gasteiger charge is -2.08. The van der Waals surface area contributed by atoms with Crippen molar-refractivity contribution in [1.82, 2.24) is 0 Å². The van der Waals surface area contributed by atoms with Crippen molar-refractivity contribution in [1.29, 1.82) is 0 Å². The molecule has 0 aromatic heterocycles. The van der Waals surface area contributed by atoms with E-state index in [1.165, 1.54) is 0 Å². The van der Waals surface area contributed by atoms with Crippen molar-refractivity contribution in [3.63, 3.8) is 0 Å². The molecule has 0 atom stereocenters. The maximum absolute atomic E-state index is 10.3. The van der Waals surface area contributed by atoms with Gasteiger partial charge < -0.3 is 0 Å². The molecule has 0 radical (unpaired) electrons. The number of benzene rings is 1. The van der Waals surface area contributed by atoms with Gasteiger partial charge in [-0.1, -0.05) is 27.5 Å². The first-order valence-electron chi connectivity index (χ1n) is 4.22. The van der Waals surface area contributed by atoms with Gasteiger partial charge in [0.15, 0.2) is 0 Å². The highest BCUT2D eigenvalue weighted by Gasteiger charge is 2.45. The SMILES string of the molecule is O=C=NC1(c2cc(Cl)cc(Br)c2)CC1. The summed E-state index contributed by atoms with van der Waals surface area (Å²) in [6, 6.07) is 5.60. The predicted octanol–water partition coefficient (Wildman–Crippen LogP) is 3.43. The molecule has 0 aliphatic heterocycles. The summed E-state index contributed by atoms with van der Waals surface area (Å²) in [6.45, 7) is 0. The number of aliphatic imine (C=N–C) groups is 1. The Morgan fingerprint density at radius 1 is 1.43 bits per heavy atom. The van der Waals surface area contributed by atoms with Gasteiger partial charge in [-0.15, -0.1) is 0 Å². The molecule has 0 spiro atoms. The average molecular weight is 273 g/mol. The number of hydrogen-bond acceptors (Lipinski definition) is 2. The lowest BCUT2D eigenvalue weighted by Crippen LogP contribution is -2.01. The van der Waals surface area contributed by atoms with E-state index in [1.807, 2.05) is 18.2 Å². The van der Waals surface area contributed by atoms with E-state index in [4.69, 9.17) is 11.6 Å². The van der Waals surface area contributed by atoms with Crippen molar-refractivity contribution in [2.75, 3.05) is 0 Å². The molecule has 1 aliphatic carbocycles. The molecule has 0 N–H and O–H groups in total. The van der Waals surface area contributed by atoms with E-state index in [1.54, 1.807) is 6.08 Å². The minimum absolute atomic E-state index is 0.338. The number of rotatable bonds is 2. The fourth-order valence-corrected chi connectivity index (χ4v) is 2.35. The zero-order valence-electron chi connectivity index (χ0n) is 7.26. The maximum atomic E-state index is 10.3. The minimum Gasteiger partial charge on any atom is -0.211 e. The van der Waals surface area contributed by atoms with Crippen molar-refractivity contribution in [2.24, 2.45) is 4.99 Å². The summed E-state index contributed by atoms with van der Waals surface area (Å²) >= 11 is 9.27. The summed E-state index contributed by atoms with van der Waals surface area (Å²) in [7, 11) is 0. The van der Waals surface area contributed by atoms with Crippen molar-refractivity contribution < 1.29 is 4.79 Å². The summed E-state index contributed by atoms with van der Waals surface area (Å²) < 4.78 is 0.910. The second kappa shape index (κ2) is 3.50. The second-order valence-corrected chi connectivity index (χ2v) is 4.74. The average Bonchev–Trinajstić information content (AvgIpc) is 2.84. The summed E-state index contributed by atoms with van der Waals surface area (Å²) in [5, 5.41) is 0.654. The molecule has 1 aliphatic rings. The highest BCUT2D eigenvalue weighted by Crippen LogP contribution is 2.50. The fourth-order valence-electron chi connectivity index (χ4n) is 1.49. The summed E-state index contributed by atoms with van der Waals surface area (Å²) in [6.07, 6.45) is 3.42. The van der Waals surface area contributed by atoms with Gasteiger partial charge in [0.25, 0.3) is 0 Å². The van der Waals surface area contributed by atoms with Crippen LogP contribution in [0.15, 0.2) is 27.7 Å². The van der Waals surface area contributed by atoms with Crippen molar-refractivity contribution in [2.45, 2.75) is 18.4 Å². The molecule has 0 bridgehead atoms. The van der Waals surface area contributed by atoms with Gasteiger partial charge in [-0.25, -0.2) is 4.79 Å². The van der Waals surface area contributed by atoms with Gasteiger partial charge in [0.05, 0.1) is 5.54 Å². The molecular weight excluding hydrogens is 265 g/mol. The van der Waals surface area contributed by atoms with Crippen LogP contribution < -0.4 is 0 Å². The molecule has 72 valence electrons. The molecule has 0 amide bonds. The third-order valence-corrected chi connectivity index (χ3v) is 3.06. The molecule has 1 aromatic carbocycles. The molecule has 14 heavy (non-hydrogen) atoms. The standard InChI is InChI=1S/C10H7BrClNO/c11-8-3-7(4-9(12)5-8)10(1-2-10)13-6-14/h3-5H,1-2H2. The van der Waals surface area contributed by atoms with Crippen LogP contribution in [0.5, 0.6) is 0 Å². The van der Waals surface area contributed by atoms with Crippen LogP contribution in [0.3, 0.4) is 0 Å². The smallest absolute Gasteiger partial charge is 0.211 e. The van der Waals surface area contributed by atoms with Crippen LogP contribution >= 0.6 is 27.5 Å². The van der Waals surface area contributed by atoms with Gasteiger partial charge in [-0.3, -0.25) is 0 Å². The van der Waals surface area contributed by atoms with Crippen LogP contribution in [0.1, 0.15) is 18.4 Å². The van der Waals surface area contributed by atoms with E-state index in [2.05, 4.69) is 20.9 Å². The van der Waals surface area contributed by atoms with E-state index < -0.39 is 0 Å². The van der Waals surface area contributed by atoms with Gasteiger partial charge in [0.2, 0.25) is 6.08 Å². The monoisotopic (exact) mass is 271 g/mol. The van der Waals surface area contributed by atoms with Gasteiger partial charge in [0, 0.05) is 9.50 Å². The first kappa shape index (κ1) is 9.91. The molecule has 1 fully saturated rings.